The highest BCUT2D eigenvalue weighted by Gasteiger charge is 2.28. The van der Waals surface area contributed by atoms with Gasteiger partial charge < -0.3 is 14.8 Å². The van der Waals surface area contributed by atoms with Crippen LogP contribution in [-0.4, -0.2) is 45.7 Å². The molecule has 0 bridgehead atoms. The quantitative estimate of drug-likeness (QED) is 0.601. The Morgan fingerprint density at radius 3 is 3.04 bits per heavy atom. The molecule has 1 saturated heterocycles. The van der Waals surface area contributed by atoms with Gasteiger partial charge in [-0.15, -0.1) is 0 Å². The molecule has 0 aliphatic carbocycles. The summed E-state index contributed by atoms with van der Waals surface area (Å²) >= 11 is 0. The molecule has 0 saturated carbocycles. The predicted molar refractivity (Wildman–Crippen MR) is 88.9 cm³/mol. The van der Waals surface area contributed by atoms with E-state index in [-0.39, 0.29) is 12.3 Å². The number of nitro groups is 1. The summed E-state index contributed by atoms with van der Waals surface area (Å²) in [6.07, 6.45) is 3.43. The van der Waals surface area contributed by atoms with E-state index in [4.69, 9.17) is 4.74 Å². The molecule has 7 heteroatoms. The number of hydrogen-bond acceptors (Lipinski definition) is 5. The van der Waals surface area contributed by atoms with Crippen LogP contribution in [0.3, 0.4) is 0 Å². The van der Waals surface area contributed by atoms with Crippen molar-refractivity contribution in [2.24, 2.45) is 0 Å². The Labute approximate surface area is 140 Å². The van der Waals surface area contributed by atoms with E-state index in [1.54, 1.807) is 12.1 Å². The molecule has 1 aliphatic heterocycles. The fraction of sp³-hybridized carbons (Fsp3) is 0.412. The third-order valence-corrected chi connectivity index (χ3v) is 4.26. The second-order valence-corrected chi connectivity index (χ2v) is 6.00. The number of ether oxygens (including phenoxy) is 1. The Morgan fingerprint density at radius 1 is 1.42 bits per heavy atom. The Hall–Kier alpha value is -2.38. The molecule has 2 heterocycles. The van der Waals surface area contributed by atoms with Gasteiger partial charge in [-0.1, -0.05) is 6.07 Å². The highest BCUT2D eigenvalue weighted by molar-refractivity contribution is 5.37. The summed E-state index contributed by atoms with van der Waals surface area (Å²) in [7, 11) is 0. The van der Waals surface area contributed by atoms with Crippen LogP contribution in [0.2, 0.25) is 0 Å². The van der Waals surface area contributed by atoms with Crippen LogP contribution in [0.15, 0.2) is 42.6 Å². The molecule has 0 radical (unpaired) electrons. The molecule has 0 spiro atoms. The van der Waals surface area contributed by atoms with Crippen molar-refractivity contribution in [3.8, 4) is 5.75 Å². The first-order chi connectivity index (χ1) is 11.6. The number of hydrogen-bond donors (Lipinski definition) is 2. The minimum atomic E-state index is -0.653. The zero-order chi connectivity index (χ0) is 16.9. The lowest BCUT2D eigenvalue weighted by Crippen LogP contribution is -2.35. The molecule has 1 aliphatic rings. The van der Waals surface area contributed by atoms with Crippen molar-refractivity contribution >= 4 is 5.69 Å². The van der Waals surface area contributed by atoms with Gasteiger partial charge in [-0.2, -0.15) is 0 Å². The van der Waals surface area contributed by atoms with Crippen LogP contribution in [0.4, 0.5) is 5.69 Å². The molecule has 7 nitrogen and oxygen atoms in total. The molecular formula is C17H21N3O4. The zero-order valence-electron chi connectivity index (χ0n) is 13.3. The van der Waals surface area contributed by atoms with Gasteiger partial charge in [0.25, 0.3) is 5.69 Å². The number of benzene rings is 1. The topological polar surface area (TPSA) is 91.6 Å². The van der Waals surface area contributed by atoms with Crippen molar-refractivity contribution in [3.63, 3.8) is 0 Å². The Balaban J connectivity index is 1.53. The van der Waals surface area contributed by atoms with E-state index >= 15 is 0 Å². The van der Waals surface area contributed by atoms with Gasteiger partial charge in [-0.05, 0) is 37.6 Å². The Bertz CT molecular complexity index is 674. The molecule has 3 rings (SSSR count). The molecule has 1 aromatic carbocycles. The average molecular weight is 331 g/mol. The van der Waals surface area contributed by atoms with Crippen LogP contribution in [0.25, 0.3) is 0 Å². The SMILES string of the molecule is O=[N+]([O-])c1cccc(OCC(O)CN2CCCC2c2ccc[nH]2)c1. The van der Waals surface area contributed by atoms with Gasteiger partial charge in [0.05, 0.1) is 11.0 Å². The second-order valence-electron chi connectivity index (χ2n) is 6.00. The number of aliphatic hydroxyl groups is 1. The standard InChI is InChI=1S/C17H21N3O4/c21-14(12-24-15-5-1-4-13(10-15)20(22)23)11-19-9-3-7-17(19)16-6-2-8-18-16/h1-2,4-6,8,10,14,17-18,21H,3,7,9,11-12H2. The molecule has 0 amide bonds. The molecule has 128 valence electrons. The lowest BCUT2D eigenvalue weighted by molar-refractivity contribution is -0.384. The highest BCUT2D eigenvalue weighted by atomic mass is 16.6. The number of aromatic nitrogens is 1. The number of H-pyrrole nitrogens is 1. The van der Waals surface area contributed by atoms with Crippen molar-refractivity contribution in [1.82, 2.24) is 9.88 Å². The van der Waals surface area contributed by atoms with E-state index in [2.05, 4.69) is 16.0 Å². The number of non-ortho nitro benzene ring substituents is 1. The van der Waals surface area contributed by atoms with Crippen molar-refractivity contribution in [3.05, 3.63) is 58.4 Å². The number of rotatable bonds is 7. The van der Waals surface area contributed by atoms with Crippen LogP contribution >= 0.6 is 0 Å². The molecule has 2 aromatic rings. The fourth-order valence-corrected chi connectivity index (χ4v) is 3.15. The number of nitrogens with zero attached hydrogens (tertiary/aromatic N) is 2. The monoisotopic (exact) mass is 331 g/mol. The molecular weight excluding hydrogens is 310 g/mol. The maximum absolute atomic E-state index is 10.8. The van der Waals surface area contributed by atoms with E-state index < -0.39 is 11.0 Å². The highest BCUT2D eigenvalue weighted by Crippen LogP contribution is 2.30. The van der Waals surface area contributed by atoms with Crippen molar-refractivity contribution in [2.45, 2.75) is 25.0 Å². The van der Waals surface area contributed by atoms with Gasteiger partial charge in [0.15, 0.2) is 0 Å². The van der Waals surface area contributed by atoms with E-state index in [0.717, 1.165) is 19.4 Å². The smallest absolute Gasteiger partial charge is 0.273 e. The summed E-state index contributed by atoms with van der Waals surface area (Å²) in [4.78, 5) is 15.8. The van der Waals surface area contributed by atoms with Crippen LogP contribution in [0.1, 0.15) is 24.6 Å². The Morgan fingerprint density at radius 2 is 2.29 bits per heavy atom. The number of aliphatic hydroxyl groups excluding tert-OH is 1. The van der Waals surface area contributed by atoms with Gasteiger partial charge in [0.2, 0.25) is 0 Å². The summed E-state index contributed by atoms with van der Waals surface area (Å²) in [6.45, 7) is 1.56. The van der Waals surface area contributed by atoms with Crippen LogP contribution in [0.5, 0.6) is 5.75 Å². The lowest BCUT2D eigenvalue weighted by atomic mass is 10.1. The minimum absolute atomic E-state index is 0.0201. The lowest BCUT2D eigenvalue weighted by Gasteiger charge is -2.26. The largest absolute Gasteiger partial charge is 0.491 e. The van der Waals surface area contributed by atoms with Crippen LogP contribution in [-0.2, 0) is 0 Å². The normalized spacial score (nSPS) is 19.3. The fourth-order valence-electron chi connectivity index (χ4n) is 3.15. The van der Waals surface area contributed by atoms with Gasteiger partial charge in [0, 0.05) is 30.5 Å². The second kappa shape index (κ2) is 7.46. The first-order valence-corrected chi connectivity index (χ1v) is 8.06. The number of nitrogens with one attached hydrogen (secondary N) is 1. The van der Waals surface area contributed by atoms with Gasteiger partial charge in [-0.25, -0.2) is 0 Å². The summed E-state index contributed by atoms with van der Waals surface area (Å²) in [6, 6.07) is 10.3. The summed E-state index contributed by atoms with van der Waals surface area (Å²) < 4.78 is 5.51. The summed E-state index contributed by atoms with van der Waals surface area (Å²) in [5.41, 5.74) is 1.15. The van der Waals surface area contributed by atoms with Gasteiger partial charge in [-0.3, -0.25) is 15.0 Å². The van der Waals surface area contributed by atoms with E-state index in [1.807, 2.05) is 12.3 Å². The van der Waals surface area contributed by atoms with Crippen LogP contribution in [0, 0.1) is 10.1 Å². The van der Waals surface area contributed by atoms with E-state index in [1.165, 1.54) is 17.8 Å². The average Bonchev–Trinajstić information content (AvgIpc) is 3.24. The minimum Gasteiger partial charge on any atom is -0.491 e. The third kappa shape index (κ3) is 3.93. The summed E-state index contributed by atoms with van der Waals surface area (Å²) in [5, 5.41) is 21.0. The first kappa shape index (κ1) is 16.5. The number of likely N-dealkylation sites (tertiary alicyclic amines) is 1. The Kier molecular flexibility index (Phi) is 5.12. The molecule has 2 atom stereocenters. The third-order valence-electron chi connectivity index (χ3n) is 4.26. The molecule has 1 fully saturated rings. The van der Waals surface area contributed by atoms with Crippen molar-refractivity contribution in [1.29, 1.82) is 0 Å². The van der Waals surface area contributed by atoms with Gasteiger partial charge in [0.1, 0.15) is 18.5 Å². The molecule has 24 heavy (non-hydrogen) atoms. The van der Waals surface area contributed by atoms with Crippen molar-refractivity contribution in [2.75, 3.05) is 19.7 Å². The van der Waals surface area contributed by atoms with Crippen molar-refractivity contribution < 1.29 is 14.8 Å². The first-order valence-electron chi connectivity index (χ1n) is 8.06. The molecule has 2 unspecified atom stereocenters. The van der Waals surface area contributed by atoms with E-state index in [9.17, 15) is 15.2 Å². The van der Waals surface area contributed by atoms with Crippen LogP contribution < -0.4 is 4.74 Å². The number of nitro benzene ring substituents is 1. The molecule has 2 N–H and O–H groups in total. The maximum atomic E-state index is 10.8. The van der Waals surface area contributed by atoms with E-state index in [0.29, 0.717) is 18.3 Å². The predicted octanol–water partition coefficient (Wildman–Crippen LogP) is 2.50. The maximum Gasteiger partial charge on any atom is 0.273 e. The van der Waals surface area contributed by atoms with Gasteiger partial charge >= 0.3 is 0 Å². The summed E-state index contributed by atoms with van der Waals surface area (Å²) in [5.74, 6) is 0.394. The zero-order valence-corrected chi connectivity index (χ0v) is 13.3. The molecule has 1 aromatic heterocycles. The number of β-amino-alcohol motifs (C(OH)–C–C–N with tert-alkyl or cyclic N) is 1. The number of aromatic amines is 1.